The third kappa shape index (κ3) is 2.33. The largest absolute Gasteiger partial charge is 0.497 e. The molecule has 1 aromatic carbocycles. The Morgan fingerprint density at radius 1 is 1.37 bits per heavy atom. The Bertz CT molecular complexity index is 626. The van der Waals surface area contributed by atoms with E-state index in [0.29, 0.717) is 29.6 Å². The zero-order valence-corrected chi connectivity index (χ0v) is 10.9. The molecule has 0 saturated carbocycles. The maximum atomic E-state index is 6.05. The molecule has 0 unspecified atom stereocenters. The second-order valence-electron chi connectivity index (χ2n) is 3.88. The van der Waals surface area contributed by atoms with Crippen LogP contribution in [0.3, 0.4) is 0 Å². The molecule has 1 heterocycles. The Balaban J connectivity index is 2.54. The van der Waals surface area contributed by atoms with E-state index >= 15 is 0 Å². The van der Waals surface area contributed by atoms with Gasteiger partial charge in [0.05, 0.1) is 27.1 Å². The number of imidazole rings is 1. The molecule has 0 aliphatic heterocycles. The molecule has 0 bridgehead atoms. The average molecular weight is 257 g/mol. The number of ether oxygens (including phenoxy) is 2. The Labute approximate surface area is 112 Å². The summed E-state index contributed by atoms with van der Waals surface area (Å²) in [5.74, 6) is 4.42. The number of methoxy groups -OCH3 is 2. The zero-order chi connectivity index (χ0) is 13.8. The zero-order valence-electron chi connectivity index (χ0n) is 10.9. The van der Waals surface area contributed by atoms with Crippen LogP contribution in [0.4, 0.5) is 5.82 Å². The van der Waals surface area contributed by atoms with Crippen LogP contribution in [0.2, 0.25) is 0 Å². The fourth-order valence-electron chi connectivity index (χ4n) is 1.82. The lowest BCUT2D eigenvalue weighted by Gasteiger charge is -2.09. The van der Waals surface area contributed by atoms with E-state index in [1.165, 1.54) is 0 Å². The van der Waals surface area contributed by atoms with Gasteiger partial charge in [-0.3, -0.25) is 0 Å². The van der Waals surface area contributed by atoms with Gasteiger partial charge in [-0.15, -0.1) is 6.42 Å². The highest BCUT2D eigenvalue weighted by atomic mass is 16.5. The van der Waals surface area contributed by atoms with E-state index < -0.39 is 0 Å². The minimum Gasteiger partial charge on any atom is -0.497 e. The van der Waals surface area contributed by atoms with Crippen LogP contribution in [0.5, 0.6) is 11.5 Å². The first-order valence-corrected chi connectivity index (χ1v) is 5.67. The number of aromatic nitrogens is 2. The Morgan fingerprint density at radius 3 is 2.79 bits per heavy atom. The van der Waals surface area contributed by atoms with Crippen molar-refractivity contribution in [1.29, 1.82) is 0 Å². The lowest BCUT2D eigenvalue weighted by Crippen LogP contribution is -2.01. The molecule has 0 amide bonds. The first kappa shape index (κ1) is 12.8. The summed E-state index contributed by atoms with van der Waals surface area (Å²) in [4.78, 5) is 4.30. The second kappa shape index (κ2) is 5.36. The molecule has 1 aromatic heterocycles. The lowest BCUT2D eigenvalue weighted by molar-refractivity contribution is 0.404. The van der Waals surface area contributed by atoms with Crippen molar-refractivity contribution >= 4 is 5.82 Å². The van der Waals surface area contributed by atoms with Crippen molar-refractivity contribution in [3.05, 3.63) is 24.5 Å². The maximum Gasteiger partial charge on any atom is 0.132 e. The van der Waals surface area contributed by atoms with E-state index in [0.717, 1.165) is 5.56 Å². The molecule has 5 heteroatoms. The van der Waals surface area contributed by atoms with Crippen molar-refractivity contribution < 1.29 is 9.47 Å². The van der Waals surface area contributed by atoms with E-state index in [1.807, 2.05) is 18.2 Å². The Morgan fingerprint density at radius 2 is 2.16 bits per heavy atom. The molecule has 0 aliphatic carbocycles. The molecule has 98 valence electrons. The van der Waals surface area contributed by atoms with Crippen LogP contribution >= 0.6 is 0 Å². The molecule has 0 atom stereocenters. The van der Waals surface area contributed by atoms with Crippen LogP contribution < -0.4 is 15.2 Å². The molecule has 2 N–H and O–H groups in total. The number of anilines is 1. The van der Waals surface area contributed by atoms with Gasteiger partial charge in [0, 0.05) is 5.56 Å². The van der Waals surface area contributed by atoms with Gasteiger partial charge in [-0.2, -0.15) is 0 Å². The van der Waals surface area contributed by atoms with Gasteiger partial charge in [0.25, 0.3) is 0 Å². The maximum absolute atomic E-state index is 6.05. The standard InChI is InChI=1S/C14H15N3O2/c1-4-7-17-9-16-13(14(17)15)11-8-10(18-2)5-6-12(11)19-3/h1,5-6,8-9H,7,15H2,2-3H3. The van der Waals surface area contributed by atoms with Crippen molar-refractivity contribution in [3.8, 4) is 35.1 Å². The molecule has 5 nitrogen and oxygen atoms in total. The molecule has 2 rings (SSSR count). The summed E-state index contributed by atoms with van der Waals surface area (Å²) in [6.45, 7) is 0.380. The summed E-state index contributed by atoms with van der Waals surface area (Å²) >= 11 is 0. The predicted molar refractivity (Wildman–Crippen MR) is 74.0 cm³/mol. The van der Waals surface area contributed by atoms with Crippen LogP contribution in [-0.4, -0.2) is 23.8 Å². The second-order valence-corrected chi connectivity index (χ2v) is 3.88. The van der Waals surface area contributed by atoms with E-state index in [2.05, 4.69) is 10.9 Å². The van der Waals surface area contributed by atoms with Crippen LogP contribution in [0.1, 0.15) is 0 Å². The number of hydrogen-bond donors (Lipinski definition) is 1. The number of nitrogen functional groups attached to an aromatic ring is 1. The molecular formula is C14H15N3O2. The highest BCUT2D eigenvalue weighted by molar-refractivity contribution is 5.76. The SMILES string of the molecule is C#CCn1cnc(-c2cc(OC)ccc2OC)c1N. The number of rotatable bonds is 4. The molecule has 0 spiro atoms. The van der Waals surface area contributed by atoms with Crippen LogP contribution in [0.15, 0.2) is 24.5 Å². The molecule has 19 heavy (non-hydrogen) atoms. The van der Waals surface area contributed by atoms with E-state index in [9.17, 15) is 0 Å². The van der Waals surface area contributed by atoms with Gasteiger partial charge < -0.3 is 19.8 Å². The fourth-order valence-corrected chi connectivity index (χ4v) is 1.82. The van der Waals surface area contributed by atoms with Crippen molar-refractivity contribution in [2.45, 2.75) is 6.54 Å². The van der Waals surface area contributed by atoms with Crippen molar-refractivity contribution in [2.24, 2.45) is 0 Å². The Hall–Kier alpha value is -2.61. The molecule has 0 radical (unpaired) electrons. The highest BCUT2D eigenvalue weighted by Crippen LogP contribution is 2.35. The lowest BCUT2D eigenvalue weighted by atomic mass is 10.1. The van der Waals surface area contributed by atoms with Gasteiger partial charge in [-0.05, 0) is 18.2 Å². The number of hydrogen-bond acceptors (Lipinski definition) is 4. The first-order valence-electron chi connectivity index (χ1n) is 5.67. The van der Waals surface area contributed by atoms with Gasteiger partial charge in [-0.1, -0.05) is 5.92 Å². The Kier molecular flexibility index (Phi) is 3.62. The van der Waals surface area contributed by atoms with Gasteiger partial charge in [0.15, 0.2) is 0 Å². The van der Waals surface area contributed by atoms with Crippen LogP contribution in [0.25, 0.3) is 11.3 Å². The minimum atomic E-state index is 0.380. The van der Waals surface area contributed by atoms with E-state index in [1.54, 1.807) is 25.1 Å². The van der Waals surface area contributed by atoms with Gasteiger partial charge in [0.2, 0.25) is 0 Å². The normalized spacial score (nSPS) is 9.95. The molecule has 0 aliphatic rings. The summed E-state index contributed by atoms with van der Waals surface area (Å²) in [5, 5.41) is 0. The van der Waals surface area contributed by atoms with Crippen LogP contribution in [-0.2, 0) is 6.54 Å². The number of benzene rings is 1. The van der Waals surface area contributed by atoms with Gasteiger partial charge >= 0.3 is 0 Å². The third-order valence-corrected chi connectivity index (χ3v) is 2.80. The highest BCUT2D eigenvalue weighted by Gasteiger charge is 2.15. The van der Waals surface area contributed by atoms with Crippen molar-refractivity contribution in [3.63, 3.8) is 0 Å². The fraction of sp³-hybridized carbons (Fsp3) is 0.214. The summed E-state index contributed by atoms with van der Waals surface area (Å²) < 4.78 is 12.2. The average Bonchev–Trinajstić information content (AvgIpc) is 2.80. The van der Waals surface area contributed by atoms with Gasteiger partial charge in [0.1, 0.15) is 23.0 Å². The van der Waals surface area contributed by atoms with Crippen LogP contribution in [0, 0.1) is 12.3 Å². The van der Waals surface area contributed by atoms with E-state index in [4.69, 9.17) is 21.6 Å². The van der Waals surface area contributed by atoms with E-state index in [-0.39, 0.29) is 0 Å². The first-order chi connectivity index (χ1) is 9.21. The van der Waals surface area contributed by atoms with Gasteiger partial charge in [-0.25, -0.2) is 4.98 Å². The summed E-state index contributed by atoms with van der Waals surface area (Å²) in [7, 11) is 3.20. The number of terminal acetylenes is 1. The summed E-state index contributed by atoms with van der Waals surface area (Å²) in [6, 6.07) is 5.46. The van der Waals surface area contributed by atoms with Crippen molar-refractivity contribution in [1.82, 2.24) is 9.55 Å². The molecule has 2 aromatic rings. The summed E-state index contributed by atoms with van der Waals surface area (Å²) in [5.41, 5.74) is 7.45. The van der Waals surface area contributed by atoms with Crippen molar-refractivity contribution in [2.75, 3.05) is 20.0 Å². The smallest absolute Gasteiger partial charge is 0.132 e. The molecular weight excluding hydrogens is 242 g/mol. The molecule has 0 fully saturated rings. The molecule has 0 saturated heterocycles. The quantitative estimate of drug-likeness (QED) is 0.848. The predicted octanol–water partition coefficient (Wildman–Crippen LogP) is 1.78. The number of nitrogens with zero attached hydrogens (tertiary/aromatic N) is 2. The number of nitrogens with two attached hydrogens (primary N) is 1. The third-order valence-electron chi connectivity index (χ3n) is 2.80. The summed E-state index contributed by atoms with van der Waals surface area (Å²) in [6.07, 6.45) is 6.89. The topological polar surface area (TPSA) is 62.3 Å². The monoisotopic (exact) mass is 257 g/mol. The minimum absolute atomic E-state index is 0.380.